The number of carbonyl (C=O) groups is 5. The highest BCUT2D eigenvalue weighted by Crippen LogP contribution is 2.25. The number of esters is 1. The summed E-state index contributed by atoms with van der Waals surface area (Å²) in [6, 6.07) is 3.08. The smallest absolute Gasteiger partial charge is 0.408 e. The largest absolute Gasteiger partial charge is 0.508 e. The van der Waals surface area contributed by atoms with E-state index in [-0.39, 0.29) is 31.9 Å². The number of ether oxygens (including phenoxy) is 2. The number of nitrogens with zero attached hydrogens (tertiary/aromatic N) is 1. The molecule has 2 unspecified atom stereocenters. The van der Waals surface area contributed by atoms with Crippen molar-refractivity contribution in [2.75, 3.05) is 19.7 Å². The van der Waals surface area contributed by atoms with Crippen LogP contribution in [-0.2, 0) is 28.7 Å². The molecule has 0 radical (unpaired) electrons. The van der Waals surface area contributed by atoms with Crippen molar-refractivity contribution in [3.63, 3.8) is 0 Å². The summed E-state index contributed by atoms with van der Waals surface area (Å²) in [6.45, 7) is 8.62. The van der Waals surface area contributed by atoms with Crippen LogP contribution in [0.3, 0.4) is 0 Å². The number of phenolic OH excluding ortho intramolecular Hbond substituents is 1. The van der Waals surface area contributed by atoms with Gasteiger partial charge in [0.05, 0.1) is 19.4 Å². The second-order valence-corrected chi connectivity index (χ2v) is 9.24. The van der Waals surface area contributed by atoms with Crippen LogP contribution >= 0.6 is 0 Å². The van der Waals surface area contributed by atoms with Crippen molar-refractivity contribution in [2.45, 2.75) is 71.6 Å². The molecule has 0 saturated carbocycles. The Labute approximate surface area is 216 Å². The lowest BCUT2D eigenvalue weighted by atomic mass is 10.0. The molecular weight excluding hydrogens is 484 g/mol. The van der Waals surface area contributed by atoms with E-state index in [9.17, 15) is 29.1 Å². The molecule has 0 spiro atoms. The maximum atomic E-state index is 13.7. The Balaban J connectivity index is 3.33. The van der Waals surface area contributed by atoms with E-state index in [2.05, 4.69) is 10.6 Å². The van der Waals surface area contributed by atoms with Crippen molar-refractivity contribution < 1.29 is 38.6 Å². The van der Waals surface area contributed by atoms with E-state index < -0.39 is 53.9 Å². The normalized spacial score (nSPS) is 12.6. The Morgan fingerprint density at radius 1 is 1.08 bits per heavy atom. The number of phenols is 1. The van der Waals surface area contributed by atoms with E-state index in [0.29, 0.717) is 12.0 Å². The molecule has 12 heteroatoms. The Morgan fingerprint density at radius 3 is 2.22 bits per heavy atom. The molecule has 0 aromatic heterocycles. The molecule has 12 nitrogen and oxygen atoms in total. The van der Waals surface area contributed by atoms with Crippen LogP contribution in [0.4, 0.5) is 4.79 Å². The van der Waals surface area contributed by atoms with Gasteiger partial charge in [0.15, 0.2) is 0 Å². The van der Waals surface area contributed by atoms with Gasteiger partial charge in [-0.3, -0.25) is 19.2 Å². The minimum atomic E-state index is -1.40. The summed E-state index contributed by atoms with van der Waals surface area (Å²) >= 11 is 0. The van der Waals surface area contributed by atoms with Crippen LogP contribution in [0.25, 0.3) is 0 Å². The summed E-state index contributed by atoms with van der Waals surface area (Å²) in [5.41, 5.74) is 4.84. The predicted molar refractivity (Wildman–Crippen MR) is 134 cm³/mol. The molecule has 2 atom stereocenters. The van der Waals surface area contributed by atoms with Crippen molar-refractivity contribution in [1.29, 1.82) is 0 Å². The predicted octanol–water partition coefficient (Wildman–Crippen LogP) is 1.51. The van der Waals surface area contributed by atoms with Gasteiger partial charge in [0.1, 0.15) is 23.4 Å². The van der Waals surface area contributed by atoms with Gasteiger partial charge in [0.25, 0.3) is 0 Å². The highest BCUT2D eigenvalue weighted by atomic mass is 16.6. The third-order valence-corrected chi connectivity index (χ3v) is 4.84. The van der Waals surface area contributed by atoms with E-state index in [1.54, 1.807) is 34.6 Å². The summed E-state index contributed by atoms with van der Waals surface area (Å²) in [4.78, 5) is 64.0. The molecule has 0 aliphatic rings. The van der Waals surface area contributed by atoms with Crippen LogP contribution in [0.5, 0.6) is 5.75 Å². The minimum absolute atomic E-state index is 0.0404. The van der Waals surface area contributed by atoms with Gasteiger partial charge in [-0.05, 0) is 51.8 Å². The number of alkyl carbamates (subject to hydrolysis) is 1. The molecule has 0 aliphatic carbocycles. The number of amides is 4. The fourth-order valence-corrected chi connectivity index (χ4v) is 3.41. The zero-order valence-electron chi connectivity index (χ0n) is 22.0. The van der Waals surface area contributed by atoms with E-state index in [1.165, 1.54) is 29.2 Å². The number of carbonyl (C=O) groups excluding carboxylic acids is 5. The zero-order chi connectivity index (χ0) is 28.2. The molecule has 0 bridgehead atoms. The van der Waals surface area contributed by atoms with Crippen molar-refractivity contribution in [1.82, 2.24) is 15.5 Å². The van der Waals surface area contributed by atoms with E-state index in [0.717, 1.165) is 0 Å². The minimum Gasteiger partial charge on any atom is -0.508 e. The lowest BCUT2D eigenvalue weighted by Gasteiger charge is -2.34. The van der Waals surface area contributed by atoms with E-state index in [4.69, 9.17) is 15.2 Å². The third-order valence-electron chi connectivity index (χ3n) is 4.84. The molecule has 1 aromatic carbocycles. The van der Waals surface area contributed by atoms with E-state index >= 15 is 0 Å². The molecule has 0 fully saturated rings. The van der Waals surface area contributed by atoms with Crippen LogP contribution in [0.2, 0.25) is 0 Å². The average Bonchev–Trinajstić information content (AvgIpc) is 2.77. The first-order valence-corrected chi connectivity index (χ1v) is 12.1. The van der Waals surface area contributed by atoms with E-state index in [1.807, 2.05) is 0 Å². The van der Waals surface area contributed by atoms with Crippen LogP contribution < -0.4 is 16.4 Å². The summed E-state index contributed by atoms with van der Waals surface area (Å²) in [7, 11) is 0. The molecular formula is C25H38N4O8. The molecule has 1 aromatic rings. The second kappa shape index (κ2) is 14.7. The number of rotatable bonds is 13. The van der Waals surface area contributed by atoms with Crippen LogP contribution in [-0.4, -0.2) is 71.1 Å². The Kier molecular flexibility index (Phi) is 12.4. The number of hydrogen-bond acceptors (Lipinski definition) is 8. The number of nitrogens with one attached hydrogen (secondary N) is 2. The summed E-state index contributed by atoms with van der Waals surface area (Å²) in [5, 5.41) is 14.7. The molecule has 206 valence electrons. The van der Waals surface area contributed by atoms with Gasteiger partial charge < -0.3 is 35.8 Å². The molecule has 4 amide bonds. The summed E-state index contributed by atoms with van der Waals surface area (Å²) in [5.74, 6) is -2.71. The number of nitrogens with two attached hydrogens (primary N) is 1. The Hall–Kier alpha value is -3.83. The standard InChI is InChI=1S/C25H38N4O8/c1-6-14-29(23(34)18(15-19(26)31)28-24(35)37-25(3,4)5)21(16-8-10-17(30)11-9-16)22(33)27-13-12-20(32)36-7-2/h8-11,18,21,30H,6-7,12-15H2,1-5H3,(H2,26,31)(H,27,33)(H,28,35). The fraction of sp³-hybridized carbons (Fsp3) is 0.560. The molecule has 37 heavy (non-hydrogen) atoms. The van der Waals surface area contributed by atoms with Gasteiger partial charge in [-0.15, -0.1) is 0 Å². The quantitative estimate of drug-likeness (QED) is 0.282. The topological polar surface area (TPSA) is 177 Å². The van der Waals surface area contributed by atoms with Crippen LogP contribution in [0, 0.1) is 0 Å². The Bertz CT molecular complexity index is 943. The maximum Gasteiger partial charge on any atom is 0.408 e. The second-order valence-electron chi connectivity index (χ2n) is 9.24. The first kappa shape index (κ1) is 31.2. The first-order valence-electron chi connectivity index (χ1n) is 12.1. The number of benzene rings is 1. The van der Waals surface area contributed by atoms with Gasteiger partial charge in [-0.1, -0.05) is 19.1 Å². The van der Waals surface area contributed by atoms with Crippen molar-refractivity contribution >= 4 is 29.8 Å². The summed E-state index contributed by atoms with van der Waals surface area (Å²) in [6.07, 6.45) is -1.09. The lowest BCUT2D eigenvalue weighted by Crippen LogP contribution is -2.54. The molecule has 1 rings (SSSR count). The van der Waals surface area contributed by atoms with Crippen LogP contribution in [0.15, 0.2) is 24.3 Å². The van der Waals surface area contributed by atoms with Gasteiger partial charge in [-0.25, -0.2) is 4.79 Å². The third kappa shape index (κ3) is 11.2. The Morgan fingerprint density at radius 2 is 1.70 bits per heavy atom. The average molecular weight is 523 g/mol. The SMILES string of the molecule is CCCN(C(=O)C(CC(N)=O)NC(=O)OC(C)(C)C)C(C(=O)NCCC(=O)OCC)c1ccc(O)cc1. The summed E-state index contributed by atoms with van der Waals surface area (Å²) < 4.78 is 10.1. The van der Waals surface area contributed by atoms with Gasteiger partial charge in [0.2, 0.25) is 17.7 Å². The van der Waals surface area contributed by atoms with Crippen molar-refractivity contribution in [2.24, 2.45) is 5.73 Å². The highest BCUT2D eigenvalue weighted by molar-refractivity contribution is 5.94. The van der Waals surface area contributed by atoms with Gasteiger partial charge in [-0.2, -0.15) is 0 Å². The fourth-order valence-electron chi connectivity index (χ4n) is 3.41. The van der Waals surface area contributed by atoms with Gasteiger partial charge in [0, 0.05) is 13.1 Å². The lowest BCUT2D eigenvalue weighted by molar-refractivity contribution is -0.144. The zero-order valence-corrected chi connectivity index (χ0v) is 22.0. The number of aromatic hydroxyl groups is 1. The molecule has 0 aliphatic heterocycles. The molecule has 5 N–H and O–H groups in total. The van der Waals surface area contributed by atoms with Crippen molar-refractivity contribution in [3.8, 4) is 5.75 Å². The van der Waals surface area contributed by atoms with Gasteiger partial charge >= 0.3 is 12.1 Å². The highest BCUT2D eigenvalue weighted by Gasteiger charge is 2.36. The molecule has 0 saturated heterocycles. The molecule has 0 heterocycles. The first-order chi connectivity index (χ1) is 17.3. The number of hydrogen-bond donors (Lipinski definition) is 4. The monoisotopic (exact) mass is 522 g/mol. The van der Waals surface area contributed by atoms with Crippen molar-refractivity contribution in [3.05, 3.63) is 29.8 Å². The maximum absolute atomic E-state index is 13.7. The van der Waals surface area contributed by atoms with Crippen LogP contribution in [0.1, 0.15) is 65.5 Å². The number of primary amides is 1.